The van der Waals surface area contributed by atoms with Crippen molar-refractivity contribution in [1.82, 2.24) is 14.3 Å². The maximum atomic E-state index is 13.6. The Labute approximate surface area is 210 Å². The van der Waals surface area contributed by atoms with Crippen molar-refractivity contribution < 1.29 is 9.53 Å². The first kappa shape index (κ1) is 24.9. The fourth-order valence-corrected chi connectivity index (χ4v) is 5.68. The number of nitrogens with one attached hydrogen (secondary N) is 1. The van der Waals surface area contributed by atoms with Crippen molar-refractivity contribution >= 4 is 51.7 Å². The average Bonchev–Trinajstić information content (AvgIpc) is 3.08. The van der Waals surface area contributed by atoms with Crippen molar-refractivity contribution in [2.45, 2.75) is 58.9 Å². The van der Waals surface area contributed by atoms with Crippen LogP contribution in [0.25, 0.3) is 11.7 Å². The Kier molecular flexibility index (Phi) is 8.06. The number of thiocarbonyl (C=S) groups is 1. The van der Waals surface area contributed by atoms with Crippen molar-refractivity contribution in [3.8, 4) is 0 Å². The minimum Gasteiger partial charge on any atom is -0.382 e. The third-order valence-corrected chi connectivity index (χ3v) is 7.76. The maximum Gasteiger partial charge on any atom is 0.267 e. The Morgan fingerprint density at radius 1 is 1.26 bits per heavy atom. The molecule has 1 aliphatic heterocycles. The molecule has 9 heteroatoms. The summed E-state index contributed by atoms with van der Waals surface area (Å²) < 4.78 is 7.45. The predicted molar refractivity (Wildman–Crippen MR) is 142 cm³/mol. The van der Waals surface area contributed by atoms with Crippen molar-refractivity contribution in [3.05, 3.63) is 44.7 Å². The van der Waals surface area contributed by atoms with Gasteiger partial charge in [-0.05, 0) is 69.6 Å². The van der Waals surface area contributed by atoms with E-state index in [0.717, 1.165) is 37.2 Å². The summed E-state index contributed by atoms with van der Waals surface area (Å²) >= 11 is 6.70. The number of anilines is 1. The van der Waals surface area contributed by atoms with Crippen LogP contribution in [0.5, 0.6) is 0 Å². The van der Waals surface area contributed by atoms with Crippen LogP contribution in [0.4, 0.5) is 5.82 Å². The van der Waals surface area contributed by atoms with Crippen LogP contribution in [0, 0.1) is 12.8 Å². The van der Waals surface area contributed by atoms with E-state index in [1.54, 1.807) is 21.6 Å². The number of carbonyl (C=O) groups is 1. The molecular weight excluding hydrogens is 468 g/mol. The fraction of sp³-hybridized carbons (Fsp3) is 0.520. The van der Waals surface area contributed by atoms with Crippen LogP contribution in [-0.2, 0) is 9.53 Å². The molecule has 0 radical (unpaired) electrons. The van der Waals surface area contributed by atoms with Gasteiger partial charge in [-0.25, -0.2) is 4.98 Å². The van der Waals surface area contributed by atoms with E-state index in [9.17, 15) is 9.59 Å². The molecule has 1 N–H and O–H groups in total. The van der Waals surface area contributed by atoms with Gasteiger partial charge in [0.25, 0.3) is 11.5 Å². The summed E-state index contributed by atoms with van der Waals surface area (Å²) in [5.41, 5.74) is 1.76. The van der Waals surface area contributed by atoms with E-state index >= 15 is 0 Å². The van der Waals surface area contributed by atoms with Gasteiger partial charge in [-0.1, -0.05) is 37.0 Å². The second-order valence-corrected chi connectivity index (χ2v) is 10.8. The van der Waals surface area contributed by atoms with E-state index in [-0.39, 0.29) is 17.5 Å². The molecule has 2 fully saturated rings. The molecule has 0 spiro atoms. The van der Waals surface area contributed by atoms with Gasteiger partial charge in [0, 0.05) is 32.0 Å². The van der Waals surface area contributed by atoms with Gasteiger partial charge < -0.3 is 10.1 Å². The standard InChI is InChI=1S/C25H32N4O3S2/c1-4-32-13-5-12-28-24(31)20(34-25(28)33)14-19-22(26-18-9-6-16(2)7-10-18)27-21-11-8-17(3)15-29(21)23(19)30/h8,11,14-16,18,26H,4-7,9-10,12-13H2,1-3H3. The summed E-state index contributed by atoms with van der Waals surface area (Å²) in [4.78, 5) is 33.5. The van der Waals surface area contributed by atoms with Crippen LogP contribution in [0.15, 0.2) is 28.0 Å². The molecule has 7 nitrogen and oxygen atoms in total. The first-order valence-corrected chi connectivity index (χ1v) is 13.2. The summed E-state index contributed by atoms with van der Waals surface area (Å²) in [6.45, 7) is 7.89. The lowest BCUT2D eigenvalue weighted by Crippen LogP contribution is -2.30. The number of pyridine rings is 1. The molecule has 3 heterocycles. The van der Waals surface area contributed by atoms with Crippen LogP contribution in [0.1, 0.15) is 57.1 Å². The molecule has 1 amide bonds. The Bertz CT molecular complexity index is 1170. The number of thioether (sulfide) groups is 1. The molecule has 0 bridgehead atoms. The molecular formula is C25H32N4O3S2. The maximum absolute atomic E-state index is 13.6. The van der Waals surface area contributed by atoms with Crippen LogP contribution < -0.4 is 10.9 Å². The molecule has 1 aliphatic carbocycles. The van der Waals surface area contributed by atoms with Crippen LogP contribution in [0.3, 0.4) is 0 Å². The van der Waals surface area contributed by atoms with Gasteiger partial charge >= 0.3 is 0 Å². The smallest absolute Gasteiger partial charge is 0.267 e. The monoisotopic (exact) mass is 500 g/mol. The third-order valence-electron chi connectivity index (χ3n) is 6.39. The second-order valence-electron chi connectivity index (χ2n) is 9.10. The summed E-state index contributed by atoms with van der Waals surface area (Å²) in [6, 6.07) is 4.06. The molecule has 2 aromatic rings. The van der Waals surface area contributed by atoms with E-state index < -0.39 is 0 Å². The number of hydrogen-bond donors (Lipinski definition) is 1. The molecule has 34 heavy (non-hydrogen) atoms. The number of ether oxygens (including phenoxy) is 1. The Morgan fingerprint density at radius 2 is 2.03 bits per heavy atom. The Hall–Kier alpha value is -2.23. The molecule has 0 atom stereocenters. The van der Waals surface area contributed by atoms with Gasteiger partial charge in [-0.15, -0.1) is 0 Å². The van der Waals surface area contributed by atoms with Crippen LogP contribution >= 0.6 is 24.0 Å². The highest BCUT2D eigenvalue weighted by molar-refractivity contribution is 8.26. The number of fused-ring (bicyclic) bond motifs is 1. The summed E-state index contributed by atoms with van der Waals surface area (Å²) in [6.07, 6.45) is 8.54. The molecule has 2 aromatic heterocycles. The van der Waals surface area contributed by atoms with Crippen LogP contribution in [-0.4, -0.2) is 50.3 Å². The molecule has 182 valence electrons. The molecule has 0 unspecified atom stereocenters. The van der Waals surface area contributed by atoms with Gasteiger partial charge in [0.15, 0.2) is 0 Å². The first-order chi connectivity index (χ1) is 16.4. The van der Waals surface area contributed by atoms with E-state index in [4.69, 9.17) is 21.9 Å². The zero-order valence-electron chi connectivity index (χ0n) is 20.0. The molecule has 1 saturated heterocycles. The number of carbonyl (C=O) groups excluding carboxylic acids is 1. The number of aromatic nitrogens is 2. The normalized spacial score (nSPS) is 22.2. The van der Waals surface area contributed by atoms with E-state index in [0.29, 0.717) is 52.4 Å². The minimum atomic E-state index is -0.193. The van der Waals surface area contributed by atoms with Gasteiger partial charge in [0.05, 0.1) is 10.5 Å². The number of nitrogens with zero attached hydrogens (tertiary/aromatic N) is 3. The summed E-state index contributed by atoms with van der Waals surface area (Å²) in [7, 11) is 0. The predicted octanol–water partition coefficient (Wildman–Crippen LogP) is 4.62. The summed E-state index contributed by atoms with van der Waals surface area (Å²) in [5, 5.41) is 3.52. The first-order valence-electron chi connectivity index (χ1n) is 12.0. The number of amides is 1. The van der Waals surface area contributed by atoms with E-state index in [2.05, 4.69) is 12.2 Å². The number of aryl methyl sites for hydroxylation is 1. The minimum absolute atomic E-state index is 0.169. The highest BCUT2D eigenvalue weighted by atomic mass is 32.2. The Balaban J connectivity index is 1.68. The highest BCUT2D eigenvalue weighted by Crippen LogP contribution is 2.34. The van der Waals surface area contributed by atoms with Crippen molar-refractivity contribution in [2.24, 2.45) is 5.92 Å². The van der Waals surface area contributed by atoms with Crippen LogP contribution in [0.2, 0.25) is 0 Å². The quantitative estimate of drug-likeness (QED) is 0.322. The Morgan fingerprint density at radius 3 is 2.76 bits per heavy atom. The fourth-order valence-electron chi connectivity index (χ4n) is 4.39. The van der Waals surface area contributed by atoms with Gasteiger partial charge in [0.1, 0.15) is 15.8 Å². The van der Waals surface area contributed by atoms with Crippen molar-refractivity contribution in [1.29, 1.82) is 0 Å². The lowest BCUT2D eigenvalue weighted by molar-refractivity contribution is -0.122. The summed E-state index contributed by atoms with van der Waals surface area (Å²) in [5.74, 6) is 1.09. The lowest BCUT2D eigenvalue weighted by atomic mass is 9.87. The zero-order valence-corrected chi connectivity index (χ0v) is 21.6. The zero-order chi connectivity index (χ0) is 24.2. The highest BCUT2D eigenvalue weighted by Gasteiger charge is 2.32. The number of hydrogen-bond acceptors (Lipinski definition) is 7. The second kappa shape index (κ2) is 11.0. The topological polar surface area (TPSA) is 75.9 Å². The molecule has 1 saturated carbocycles. The molecule has 0 aromatic carbocycles. The van der Waals surface area contributed by atoms with E-state index in [1.807, 2.05) is 26.0 Å². The average molecular weight is 501 g/mol. The third kappa shape index (κ3) is 5.53. The largest absolute Gasteiger partial charge is 0.382 e. The van der Waals surface area contributed by atoms with Gasteiger partial charge in [-0.2, -0.15) is 0 Å². The SMILES string of the molecule is CCOCCCN1C(=O)C(=Cc2c(NC3CCC(C)CC3)nc3ccc(C)cn3c2=O)SC1=S. The number of rotatable bonds is 8. The van der Waals surface area contributed by atoms with Crippen molar-refractivity contribution in [3.63, 3.8) is 0 Å². The lowest BCUT2D eigenvalue weighted by Gasteiger charge is -2.27. The van der Waals surface area contributed by atoms with Crippen molar-refractivity contribution in [2.75, 3.05) is 25.1 Å². The van der Waals surface area contributed by atoms with Gasteiger partial charge in [-0.3, -0.25) is 18.9 Å². The molecule has 4 rings (SSSR count). The van der Waals surface area contributed by atoms with Gasteiger partial charge in [0.2, 0.25) is 0 Å². The molecule has 2 aliphatic rings. The van der Waals surface area contributed by atoms with E-state index in [1.165, 1.54) is 11.8 Å².